The Bertz CT molecular complexity index is 536. The second-order valence-electron chi connectivity index (χ2n) is 6.95. The molecular formula is C24H36NPS. The van der Waals surface area contributed by atoms with Crippen LogP contribution in [0.1, 0.15) is 45.4 Å². The Labute approximate surface area is 172 Å². The van der Waals surface area contributed by atoms with Gasteiger partial charge in [-0.15, -0.1) is 0 Å². The van der Waals surface area contributed by atoms with Crippen molar-refractivity contribution in [2.75, 3.05) is 30.8 Å². The lowest BCUT2D eigenvalue weighted by Crippen LogP contribution is -2.24. The predicted molar refractivity (Wildman–Crippen MR) is 128 cm³/mol. The minimum absolute atomic E-state index is 0.258. The van der Waals surface area contributed by atoms with Crippen LogP contribution in [0.25, 0.3) is 0 Å². The van der Waals surface area contributed by atoms with Crippen molar-refractivity contribution >= 4 is 30.3 Å². The summed E-state index contributed by atoms with van der Waals surface area (Å²) >= 11 is 2.11. The third-order valence-electron chi connectivity index (χ3n) is 4.71. The molecule has 2 rings (SSSR count). The zero-order valence-electron chi connectivity index (χ0n) is 16.9. The minimum Gasteiger partial charge on any atom is -0.316 e. The van der Waals surface area contributed by atoms with Crippen molar-refractivity contribution in [3.8, 4) is 0 Å². The highest BCUT2D eigenvalue weighted by Crippen LogP contribution is 2.32. The summed E-state index contributed by atoms with van der Waals surface area (Å²) in [5.41, 5.74) is 0. The number of thioether (sulfide) groups is 1. The molecule has 27 heavy (non-hydrogen) atoms. The molecule has 0 heterocycles. The maximum absolute atomic E-state index is 3.67. The van der Waals surface area contributed by atoms with Gasteiger partial charge in [0.1, 0.15) is 0 Å². The van der Waals surface area contributed by atoms with E-state index in [1.54, 1.807) is 0 Å². The van der Waals surface area contributed by atoms with Gasteiger partial charge in [-0.05, 0) is 43.4 Å². The number of nitrogens with one attached hydrogen (secondary N) is 1. The maximum Gasteiger partial charge on any atom is 0.00581 e. The molecule has 1 N–H and O–H groups in total. The summed E-state index contributed by atoms with van der Waals surface area (Å²) in [6.07, 6.45) is 9.62. The highest BCUT2D eigenvalue weighted by Gasteiger charge is 2.12. The first-order valence-electron chi connectivity index (χ1n) is 10.6. The first kappa shape index (κ1) is 22.5. The highest BCUT2D eigenvalue weighted by atomic mass is 32.2. The number of hydrogen-bond donors (Lipinski definition) is 1. The Balaban J connectivity index is 1.60. The first-order valence-corrected chi connectivity index (χ1v) is 13.3. The van der Waals surface area contributed by atoms with Crippen LogP contribution in [0.5, 0.6) is 0 Å². The first-order chi connectivity index (χ1) is 13.4. The molecule has 0 radical (unpaired) electrons. The molecule has 0 aliphatic rings. The molecular weight excluding hydrogens is 365 g/mol. The molecule has 0 unspecified atom stereocenters. The van der Waals surface area contributed by atoms with E-state index in [4.69, 9.17) is 0 Å². The molecule has 0 aliphatic heterocycles. The van der Waals surface area contributed by atoms with E-state index in [-0.39, 0.29) is 7.92 Å². The van der Waals surface area contributed by atoms with Crippen molar-refractivity contribution in [1.82, 2.24) is 5.32 Å². The van der Waals surface area contributed by atoms with Crippen LogP contribution in [0.2, 0.25) is 0 Å². The van der Waals surface area contributed by atoms with E-state index in [1.165, 1.54) is 66.8 Å². The van der Waals surface area contributed by atoms with Gasteiger partial charge in [-0.1, -0.05) is 99.7 Å². The van der Waals surface area contributed by atoms with E-state index in [0.29, 0.717) is 0 Å². The van der Waals surface area contributed by atoms with Gasteiger partial charge in [-0.25, -0.2) is 0 Å². The third kappa shape index (κ3) is 9.79. The van der Waals surface area contributed by atoms with Gasteiger partial charge >= 0.3 is 0 Å². The van der Waals surface area contributed by atoms with E-state index in [1.807, 2.05) is 0 Å². The maximum atomic E-state index is 3.67. The fourth-order valence-corrected chi connectivity index (χ4v) is 6.33. The molecule has 0 fully saturated rings. The predicted octanol–water partition coefficient (Wildman–Crippen LogP) is 5.80. The molecule has 0 bridgehead atoms. The third-order valence-corrected chi connectivity index (χ3v) is 8.30. The van der Waals surface area contributed by atoms with Crippen LogP contribution in [0, 0.1) is 0 Å². The Morgan fingerprint density at radius 3 is 1.93 bits per heavy atom. The summed E-state index contributed by atoms with van der Waals surface area (Å²) < 4.78 is 0. The van der Waals surface area contributed by atoms with Crippen molar-refractivity contribution < 1.29 is 0 Å². The van der Waals surface area contributed by atoms with Crippen LogP contribution in [0.3, 0.4) is 0 Å². The quantitative estimate of drug-likeness (QED) is 0.299. The Kier molecular flexibility index (Phi) is 12.6. The van der Waals surface area contributed by atoms with E-state index in [9.17, 15) is 0 Å². The van der Waals surface area contributed by atoms with E-state index >= 15 is 0 Å². The second-order valence-corrected chi connectivity index (χ2v) is 10.5. The molecule has 0 atom stereocenters. The molecule has 0 aromatic heterocycles. The van der Waals surface area contributed by atoms with Gasteiger partial charge in [0.05, 0.1) is 0 Å². The van der Waals surface area contributed by atoms with E-state index in [2.05, 4.69) is 84.7 Å². The van der Waals surface area contributed by atoms with Gasteiger partial charge < -0.3 is 5.32 Å². The summed E-state index contributed by atoms with van der Waals surface area (Å²) in [5.74, 6) is 2.57. The number of rotatable bonds is 15. The molecule has 0 amide bonds. The molecule has 1 nitrogen and oxygen atoms in total. The fraction of sp³-hybridized carbons (Fsp3) is 0.500. The van der Waals surface area contributed by atoms with Crippen LogP contribution in [-0.4, -0.2) is 30.8 Å². The molecule has 148 valence electrons. The zero-order chi connectivity index (χ0) is 19.0. The Morgan fingerprint density at radius 2 is 1.30 bits per heavy atom. The molecule has 0 saturated heterocycles. The normalized spacial score (nSPS) is 11.2. The number of benzene rings is 2. The van der Waals surface area contributed by atoms with Crippen LogP contribution in [0.15, 0.2) is 60.7 Å². The summed E-state index contributed by atoms with van der Waals surface area (Å²) in [6, 6.07) is 22.0. The van der Waals surface area contributed by atoms with Gasteiger partial charge in [0.2, 0.25) is 0 Å². The fourth-order valence-electron chi connectivity index (χ4n) is 3.17. The standard InChI is InChI=1S/C24H36NPS/c1-2-3-4-5-6-13-21-27-22-19-25-18-20-26(23-14-9-7-10-15-23)24-16-11-8-12-17-24/h7-12,14-17,25H,2-6,13,18-22H2,1H3. The Morgan fingerprint density at radius 1 is 0.704 bits per heavy atom. The number of hydrogen-bond acceptors (Lipinski definition) is 2. The second kappa shape index (κ2) is 15.1. The van der Waals surface area contributed by atoms with Gasteiger partial charge in [-0.2, -0.15) is 11.8 Å². The molecule has 2 aromatic carbocycles. The van der Waals surface area contributed by atoms with Gasteiger partial charge in [0.15, 0.2) is 0 Å². The van der Waals surface area contributed by atoms with Crippen LogP contribution >= 0.6 is 19.7 Å². The zero-order valence-corrected chi connectivity index (χ0v) is 18.6. The molecule has 2 aromatic rings. The van der Waals surface area contributed by atoms with Gasteiger partial charge in [0, 0.05) is 12.3 Å². The van der Waals surface area contributed by atoms with Crippen LogP contribution in [-0.2, 0) is 0 Å². The van der Waals surface area contributed by atoms with Crippen LogP contribution in [0.4, 0.5) is 0 Å². The highest BCUT2D eigenvalue weighted by molar-refractivity contribution is 7.99. The lowest BCUT2D eigenvalue weighted by molar-refractivity contribution is 0.627. The molecule has 0 aliphatic carbocycles. The minimum atomic E-state index is -0.258. The summed E-state index contributed by atoms with van der Waals surface area (Å²) in [6.45, 7) is 4.52. The molecule has 0 spiro atoms. The molecule has 3 heteroatoms. The lowest BCUT2D eigenvalue weighted by atomic mass is 10.1. The van der Waals surface area contributed by atoms with E-state index < -0.39 is 0 Å². The summed E-state index contributed by atoms with van der Waals surface area (Å²) in [5, 5.41) is 6.64. The topological polar surface area (TPSA) is 12.0 Å². The van der Waals surface area contributed by atoms with Crippen LogP contribution < -0.4 is 15.9 Å². The van der Waals surface area contributed by atoms with Gasteiger partial charge in [-0.3, -0.25) is 0 Å². The smallest absolute Gasteiger partial charge is 0.00581 e. The van der Waals surface area contributed by atoms with Crippen molar-refractivity contribution in [2.24, 2.45) is 0 Å². The largest absolute Gasteiger partial charge is 0.316 e. The van der Waals surface area contributed by atoms with Crippen molar-refractivity contribution in [3.63, 3.8) is 0 Å². The van der Waals surface area contributed by atoms with Crippen molar-refractivity contribution in [3.05, 3.63) is 60.7 Å². The van der Waals surface area contributed by atoms with Crippen molar-refractivity contribution in [1.29, 1.82) is 0 Å². The lowest BCUT2D eigenvalue weighted by Gasteiger charge is -2.19. The average molecular weight is 402 g/mol. The average Bonchev–Trinajstić information content (AvgIpc) is 2.73. The van der Waals surface area contributed by atoms with Gasteiger partial charge in [0.25, 0.3) is 0 Å². The monoisotopic (exact) mass is 401 g/mol. The number of unbranched alkanes of at least 4 members (excludes halogenated alkanes) is 5. The van der Waals surface area contributed by atoms with Crippen molar-refractivity contribution in [2.45, 2.75) is 45.4 Å². The van der Waals surface area contributed by atoms with E-state index in [0.717, 1.165) is 13.1 Å². The molecule has 0 saturated carbocycles. The summed E-state index contributed by atoms with van der Waals surface area (Å²) in [7, 11) is -0.258. The Hall–Kier alpha value is -0.820. The SMILES string of the molecule is CCCCCCCCSCCNCCP(c1ccccc1)c1ccccc1. The summed E-state index contributed by atoms with van der Waals surface area (Å²) in [4.78, 5) is 0.